The molecule has 0 aliphatic carbocycles. The number of aromatic nitrogens is 1. The number of rotatable bonds is 1. The highest BCUT2D eigenvalue weighted by atomic mass is 16.4. The van der Waals surface area contributed by atoms with Gasteiger partial charge >= 0.3 is 0 Å². The van der Waals surface area contributed by atoms with Crippen LogP contribution in [0.1, 0.15) is 31.2 Å². The normalized spacial score (nSPS) is 12.1. The van der Waals surface area contributed by atoms with Crippen molar-refractivity contribution in [3.8, 4) is 0 Å². The van der Waals surface area contributed by atoms with Gasteiger partial charge in [0.25, 0.3) is 0 Å². The molecule has 0 saturated carbocycles. The van der Waals surface area contributed by atoms with Crippen LogP contribution in [0.4, 0.5) is 0 Å². The minimum atomic E-state index is -0.401. The zero-order valence-corrected chi connectivity index (χ0v) is 7.43. The van der Waals surface area contributed by atoms with Gasteiger partial charge in [0.1, 0.15) is 11.5 Å². The van der Waals surface area contributed by atoms with Crippen molar-refractivity contribution in [3.05, 3.63) is 17.3 Å². The third-order valence-electron chi connectivity index (χ3n) is 1.51. The Labute approximate surface area is 66.6 Å². The van der Waals surface area contributed by atoms with E-state index in [1.807, 2.05) is 27.7 Å². The maximum atomic E-state index is 5.85. The van der Waals surface area contributed by atoms with E-state index < -0.39 is 5.54 Å². The third kappa shape index (κ3) is 1.60. The van der Waals surface area contributed by atoms with Crippen LogP contribution in [-0.2, 0) is 5.54 Å². The zero-order chi connectivity index (χ0) is 8.65. The SMILES string of the molecule is Cc1nc(C(C)(C)N)c(C)o1. The van der Waals surface area contributed by atoms with Crippen molar-refractivity contribution in [2.24, 2.45) is 5.73 Å². The number of nitrogens with zero attached hydrogens (tertiary/aromatic N) is 1. The molecule has 3 heteroatoms. The lowest BCUT2D eigenvalue weighted by Gasteiger charge is -2.15. The van der Waals surface area contributed by atoms with Crippen molar-refractivity contribution in [1.82, 2.24) is 4.98 Å². The van der Waals surface area contributed by atoms with Crippen molar-refractivity contribution >= 4 is 0 Å². The molecule has 0 unspecified atom stereocenters. The second kappa shape index (κ2) is 2.34. The zero-order valence-electron chi connectivity index (χ0n) is 7.43. The summed E-state index contributed by atoms with van der Waals surface area (Å²) in [6, 6.07) is 0. The van der Waals surface area contributed by atoms with Crippen LogP contribution >= 0.6 is 0 Å². The quantitative estimate of drug-likeness (QED) is 0.666. The molecule has 1 aromatic heterocycles. The summed E-state index contributed by atoms with van der Waals surface area (Å²) >= 11 is 0. The van der Waals surface area contributed by atoms with Crippen LogP contribution in [0, 0.1) is 13.8 Å². The van der Waals surface area contributed by atoms with E-state index in [1.54, 1.807) is 0 Å². The lowest BCUT2D eigenvalue weighted by atomic mass is 10.0. The summed E-state index contributed by atoms with van der Waals surface area (Å²) in [4.78, 5) is 4.19. The molecule has 1 heterocycles. The summed E-state index contributed by atoms with van der Waals surface area (Å²) in [6.07, 6.45) is 0. The van der Waals surface area contributed by atoms with E-state index in [2.05, 4.69) is 4.98 Å². The van der Waals surface area contributed by atoms with Crippen LogP contribution in [0.25, 0.3) is 0 Å². The van der Waals surface area contributed by atoms with Crippen molar-refractivity contribution in [1.29, 1.82) is 0 Å². The van der Waals surface area contributed by atoms with Crippen molar-refractivity contribution in [3.63, 3.8) is 0 Å². The fourth-order valence-corrected chi connectivity index (χ4v) is 1.13. The van der Waals surface area contributed by atoms with Gasteiger partial charge in [0.2, 0.25) is 0 Å². The van der Waals surface area contributed by atoms with E-state index >= 15 is 0 Å². The van der Waals surface area contributed by atoms with Gasteiger partial charge in [-0.15, -0.1) is 0 Å². The van der Waals surface area contributed by atoms with E-state index in [0.29, 0.717) is 5.89 Å². The first-order valence-corrected chi connectivity index (χ1v) is 3.64. The van der Waals surface area contributed by atoms with Crippen LogP contribution in [-0.4, -0.2) is 4.98 Å². The van der Waals surface area contributed by atoms with E-state index in [1.165, 1.54) is 0 Å². The fraction of sp³-hybridized carbons (Fsp3) is 0.625. The predicted octanol–water partition coefficient (Wildman–Crippen LogP) is 1.49. The Morgan fingerprint density at radius 1 is 1.36 bits per heavy atom. The summed E-state index contributed by atoms with van der Waals surface area (Å²) in [5.41, 5.74) is 6.29. The summed E-state index contributed by atoms with van der Waals surface area (Å²) in [7, 11) is 0. The smallest absolute Gasteiger partial charge is 0.191 e. The molecule has 0 atom stereocenters. The van der Waals surface area contributed by atoms with Gasteiger partial charge in [-0.25, -0.2) is 4.98 Å². The molecule has 1 rings (SSSR count). The summed E-state index contributed by atoms with van der Waals surface area (Å²) in [6.45, 7) is 7.53. The van der Waals surface area contributed by atoms with Gasteiger partial charge in [0, 0.05) is 6.92 Å². The lowest BCUT2D eigenvalue weighted by molar-refractivity contribution is 0.479. The Kier molecular flexibility index (Phi) is 1.76. The number of nitrogens with two attached hydrogens (primary N) is 1. The van der Waals surface area contributed by atoms with Crippen molar-refractivity contribution in [2.75, 3.05) is 0 Å². The number of oxazole rings is 1. The average molecular weight is 154 g/mol. The van der Waals surface area contributed by atoms with E-state index in [9.17, 15) is 0 Å². The van der Waals surface area contributed by atoms with E-state index in [0.717, 1.165) is 11.5 Å². The molecule has 0 fully saturated rings. The van der Waals surface area contributed by atoms with Gasteiger partial charge in [-0.3, -0.25) is 0 Å². The first kappa shape index (κ1) is 8.27. The van der Waals surface area contributed by atoms with Crippen LogP contribution in [0.15, 0.2) is 4.42 Å². The summed E-state index contributed by atoms with van der Waals surface area (Å²) in [5, 5.41) is 0. The molecular formula is C8H14N2O. The predicted molar refractivity (Wildman–Crippen MR) is 43.2 cm³/mol. The first-order valence-electron chi connectivity index (χ1n) is 3.64. The number of hydrogen-bond donors (Lipinski definition) is 1. The molecular weight excluding hydrogens is 140 g/mol. The first-order chi connectivity index (χ1) is 4.91. The molecule has 11 heavy (non-hydrogen) atoms. The Morgan fingerprint density at radius 2 is 1.91 bits per heavy atom. The summed E-state index contributed by atoms with van der Waals surface area (Å²) in [5.74, 6) is 1.49. The number of aryl methyl sites for hydroxylation is 2. The molecule has 0 amide bonds. The second-order valence-electron chi connectivity index (χ2n) is 3.36. The van der Waals surface area contributed by atoms with Gasteiger partial charge in [0.15, 0.2) is 5.89 Å². The van der Waals surface area contributed by atoms with Gasteiger partial charge in [-0.1, -0.05) is 0 Å². The van der Waals surface area contributed by atoms with Gasteiger partial charge in [-0.05, 0) is 20.8 Å². The van der Waals surface area contributed by atoms with E-state index in [4.69, 9.17) is 10.2 Å². The molecule has 0 spiro atoms. The van der Waals surface area contributed by atoms with Crippen LogP contribution < -0.4 is 5.73 Å². The molecule has 62 valence electrons. The van der Waals surface area contributed by atoms with Crippen molar-refractivity contribution < 1.29 is 4.42 Å². The topological polar surface area (TPSA) is 52.0 Å². The Balaban J connectivity index is 3.13. The fourth-order valence-electron chi connectivity index (χ4n) is 1.13. The molecule has 0 bridgehead atoms. The summed E-state index contributed by atoms with van der Waals surface area (Å²) < 4.78 is 5.25. The largest absolute Gasteiger partial charge is 0.446 e. The van der Waals surface area contributed by atoms with Crippen LogP contribution in [0.5, 0.6) is 0 Å². The van der Waals surface area contributed by atoms with Crippen LogP contribution in [0.2, 0.25) is 0 Å². The highest BCUT2D eigenvalue weighted by molar-refractivity contribution is 5.16. The molecule has 1 aromatic rings. The molecule has 0 aliphatic rings. The van der Waals surface area contributed by atoms with Gasteiger partial charge in [0.05, 0.1) is 5.54 Å². The second-order valence-corrected chi connectivity index (χ2v) is 3.36. The Bertz CT molecular complexity index is 258. The highest BCUT2D eigenvalue weighted by Gasteiger charge is 2.21. The standard InChI is InChI=1S/C8H14N2O/c1-5-7(8(3,4)9)10-6(2)11-5/h9H2,1-4H3. The minimum Gasteiger partial charge on any atom is -0.446 e. The monoisotopic (exact) mass is 154 g/mol. The minimum absolute atomic E-state index is 0.401. The van der Waals surface area contributed by atoms with Gasteiger partial charge in [-0.2, -0.15) is 0 Å². The van der Waals surface area contributed by atoms with Crippen LogP contribution in [0.3, 0.4) is 0 Å². The van der Waals surface area contributed by atoms with E-state index in [-0.39, 0.29) is 0 Å². The molecule has 2 N–H and O–H groups in total. The molecule has 0 radical (unpaired) electrons. The molecule has 0 aliphatic heterocycles. The maximum Gasteiger partial charge on any atom is 0.191 e. The molecule has 3 nitrogen and oxygen atoms in total. The highest BCUT2D eigenvalue weighted by Crippen LogP contribution is 2.20. The lowest BCUT2D eigenvalue weighted by Crippen LogP contribution is -2.29. The Morgan fingerprint density at radius 3 is 2.09 bits per heavy atom. The Hall–Kier alpha value is -0.830. The number of hydrogen-bond acceptors (Lipinski definition) is 3. The van der Waals surface area contributed by atoms with Crippen molar-refractivity contribution in [2.45, 2.75) is 33.2 Å². The molecule has 0 saturated heterocycles. The maximum absolute atomic E-state index is 5.85. The third-order valence-corrected chi connectivity index (χ3v) is 1.51. The average Bonchev–Trinajstić information content (AvgIpc) is 2.08. The molecule has 0 aromatic carbocycles. The van der Waals surface area contributed by atoms with Gasteiger partial charge < -0.3 is 10.2 Å².